The van der Waals surface area contributed by atoms with Crippen LogP contribution in [0.3, 0.4) is 0 Å². The van der Waals surface area contributed by atoms with Crippen molar-refractivity contribution in [2.45, 2.75) is 17.4 Å². The fourth-order valence-electron chi connectivity index (χ4n) is 2.33. The Labute approximate surface area is 146 Å². The molecule has 2 aromatic carbocycles. The molecule has 0 spiro atoms. The van der Waals surface area contributed by atoms with Crippen molar-refractivity contribution < 1.29 is 27.8 Å². The van der Waals surface area contributed by atoms with Crippen molar-refractivity contribution in [3.63, 3.8) is 0 Å². The monoisotopic (exact) mass is 365 g/mol. The summed E-state index contributed by atoms with van der Waals surface area (Å²) in [7, 11) is -1.27. The molecule has 134 valence electrons. The van der Waals surface area contributed by atoms with Crippen LogP contribution in [-0.2, 0) is 14.8 Å². The minimum atomic E-state index is -4.05. The Morgan fingerprint density at radius 1 is 1.12 bits per heavy atom. The molecule has 0 saturated heterocycles. The molecule has 0 amide bonds. The Bertz CT molecular complexity index is 835. The highest BCUT2D eigenvalue weighted by Crippen LogP contribution is 2.30. The van der Waals surface area contributed by atoms with Crippen molar-refractivity contribution in [2.75, 3.05) is 14.2 Å². The summed E-state index contributed by atoms with van der Waals surface area (Å²) < 4.78 is 38.2. The summed E-state index contributed by atoms with van der Waals surface area (Å²) in [6.45, 7) is 0. The van der Waals surface area contributed by atoms with Gasteiger partial charge in [0.05, 0.1) is 26.7 Å². The molecule has 0 aromatic heterocycles. The van der Waals surface area contributed by atoms with Crippen molar-refractivity contribution in [1.29, 1.82) is 0 Å². The topological polar surface area (TPSA) is 102 Å². The van der Waals surface area contributed by atoms with E-state index < -0.39 is 28.5 Å². The van der Waals surface area contributed by atoms with Crippen molar-refractivity contribution in [3.05, 3.63) is 54.1 Å². The molecule has 0 bridgehead atoms. The molecule has 1 atom stereocenters. The molecule has 7 nitrogen and oxygen atoms in total. The third kappa shape index (κ3) is 4.71. The van der Waals surface area contributed by atoms with Crippen LogP contribution >= 0.6 is 0 Å². The predicted octanol–water partition coefficient (Wildman–Crippen LogP) is 2.20. The van der Waals surface area contributed by atoms with E-state index in [0.29, 0.717) is 11.3 Å². The second-order valence-electron chi connectivity index (χ2n) is 5.20. The number of aliphatic carboxylic acids is 1. The van der Waals surface area contributed by atoms with Crippen LogP contribution in [0.15, 0.2) is 53.4 Å². The second kappa shape index (κ2) is 8.00. The number of nitrogens with one attached hydrogen (secondary N) is 1. The lowest BCUT2D eigenvalue weighted by Gasteiger charge is -2.19. The van der Waals surface area contributed by atoms with Gasteiger partial charge in [0, 0.05) is 6.07 Å². The summed E-state index contributed by atoms with van der Waals surface area (Å²) in [6, 6.07) is 12.0. The van der Waals surface area contributed by atoms with E-state index in [1.165, 1.54) is 26.4 Å². The number of ether oxygens (including phenoxy) is 2. The first-order valence-corrected chi connectivity index (χ1v) is 8.87. The molecule has 2 rings (SSSR count). The number of hydrogen-bond acceptors (Lipinski definition) is 5. The maximum Gasteiger partial charge on any atom is 0.305 e. The molecule has 0 heterocycles. The van der Waals surface area contributed by atoms with E-state index in [1.54, 1.807) is 36.4 Å². The van der Waals surface area contributed by atoms with Crippen LogP contribution in [0.4, 0.5) is 0 Å². The van der Waals surface area contributed by atoms with Gasteiger partial charge in [0.25, 0.3) is 0 Å². The van der Waals surface area contributed by atoms with Crippen LogP contribution in [0, 0.1) is 0 Å². The van der Waals surface area contributed by atoms with Gasteiger partial charge in [-0.3, -0.25) is 4.79 Å². The summed E-state index contributed by atoms with van der Waals surface area (Å²) in [5.74, 6) is -0.639. The van der Waals surface area contributed by atoms with Gasteiger partial charge >= 0.3 is 5.97 Å². The number of rotatable bonds is 8. The number of carboxylic acid groups (broad SMARTS) is 1. The molecule has 0 unspecified atom stereocenters. The van der Waals surface area contributed by atoms with Crippen LogP contribution in [0.5, 0.6) is 11.5 Å². The van der Waals surface area contributed by atoms with Gasteiger partial charge in [-0.15, -0.1) is 0 Å². The van der Waals surface area contributed by atoms with E-state index in [9.17, 15) is 13.2 Å². The van der Waals surface area contributed by atoms with Crippen molar-refractivity contribution in [1.82, 2.24) is 4.72 Å². The van der Waals surface area contributed by atoms with E-state index in [2.05, 4.69) is 4.72 Å². The van der Waals surface area contributed by atoms with Crippen LogP contribution in [0.25, 0.3) is 0 Å². The highest BCUT2D eigenvalue weighted by Gasteiger charge is 2.26. The van der Waals surface area contributed by atoms with Crippen LogP contribution < -0.4 is 14.2 Å². The fraction of sp³-hybridized carbons (Fsp3) is 0.235. The quantitative estimate of drug-likeness (QED) is 0.744. The first-order valence-electron chi connectivity index (χ1n) is 7.38. The molecular formula is C17H19NO6S. The van der Waals surface area contributed by atoms with E-state index in [-0.39, 0.29) is 10.6 Å². The molecule has 0 fully saturated rings. The number of carboxylic acids is 1. The van der Waals surface area contributed by atoms with Crippen LogP contribution in [0.1, 0.15) is 18.0 Å². The van der Waals surface area contributed by atoms with Gasteiger partial charge < -0.3 is 14.6 Å². The highest BCUT2D eigenvalue weighted by atomic mass is 32.2. The lowest BCUT2D eigenvalue weighted by Crippen LogP contribution is -2.30. The van der Waals surface area contributed by atoms with Crippen LogP contribution in [0.2, 0.25) is 0 Å². The van der Waals surface area contributed by atoms with Gasteiger partial charge in [-0.2, -0.15) is 0 Å². The third-order valence-electron chi connectivity index (χ3n) is 3.54. The molecule has 0 radical (unpaired) electrons. The molecule has 25 heavy (non-hydrogen) atoms. The minimum Gasteiger partial charge on any atom is -0.497 e. The lowest BCUT2D eigenvalue weighted by atomic mass is 10.1. The fourth-order valence-corrected chi connectivity index (χ4v) is 3.74. The largest absolute Gasteiger partial charge is 0.497 e. The summed E-state index contributed by atoms with van der Waals surface area (Å²) >= 11 is 0. The SMILES string of the molecule is COc1ccc(OC)c(S(=O)(=O)N[C@@H](CC(=O)O)c2ccccc2)c1. The molecule has 0 aliphatic heterocycles. The van der Waals surface area contributed by atoms with E-state index in [1.807, 2.05) is 0 Å². The van der Waals surface area contributed by atoms with Gasteiger partial charge in [-0.25, -0.2) is 13.1 Å². The Balaban J connectivity index is 2.42. The summed E-state index contributed by atoms with van der Waals surface area (Å²) in [4.78, 5) is 11.0. The van der Waals surface area contributed by atoms with Gasteiger partial charge in [0.15, 0.2) is 0 Å². The number of sulfonamides is 1. The van der Waals surface area contributed by atoms with E-state index >= 15 is 0 Å². The number of methoxy groups -OCH3 is 2. The average Bonchev–Trinajstić information content (AvgIpc) is 2.60. The van der Waals surface area contributed by atoms with Crippen LogP contribution in [-0.4, -0.2) is 33.7 Å². The van der Waals surface area contributed by atoms with Gasteiger partial charge in [-0.1, -0.05) is 30.3 Å². The first kappa shape index (κ1) is 18.8. The van der Waals surface area contributed by atoms with Gasteiger partial charge in [0.2, 0.25) is 10.0 Å². The Kier molecular flexibility index (Phi) is 6.00. The van der Waals surface area contributed by atoms with Crippen molar-refractivity contribution in [3.8, 4) is 11.5 Å². The zero-order valence-corrected chi connectivity index (χ0v) is 14.6. The smallest absolute Gasteiger partial charge is 0.305 e. The second-order valence-corrected chi connectivity index (χ2v) is 6.88. The molecule has 2 N–H and O–H groups in total. The zero-order valence-electron chi connectivity index (χ0n) is 13.8. The molecule has 0 aliphatic rings. The predicted molar refractivity (Wildman–Crippen MR) is 91.3 cm³/mol. The normalized spacial score (nSPS) is 12.4. The molecular weight excluding hydrogens is 346 g/mol. The number of hydrogen-bond donors (Lipinski definition) is 2. The highest BCUT2D eigenvalue weighted by molar-refractivity contribution is 7.89. The van der Waals surface area contributed by atoms with Crippen molar-refractivity contribution in [2.24, 2.45) is 0 Å². The first-order chi connectivity index (χ1) is 11.9. The van der Waals surface area contributed by atoms with Gasteiger partial charge in [0.1, 0.15) is 16.4 Å². The lowest BCUT2D eigenvalue weighted by molar-refractivity contribution is -0.137. The molecule has 0 aliphatic carbocycles. The standard InChI is InChI=1S/C17H19NO6S/c1-23-13-8-9-15(24-2)16(10-13)25(21,22)18-14(11-17(19)20)12-6-4-3-5-7-12/h3-10,14,18H,11H2,1-2H3,(H,19,20)/t14-/m0/s1. The van der Waals surface area contributed by atoms with Crippen molar-refractivity contribution >= 4 is 16.0 Å². The summed E-state index contributed by atoms with van der Waals surface area (Å²) in [5, 5.41) is 9.12. The maximum absolute atomic E-state index is 12.8. The van der Waals surface area contributed by atoms with E-state index in [4.69, 9.17) is 14.6 Å². The molecule has 2 aromatic rings. The zero-order chi connectivity index (χ0) is 18.4. The average molecular weight is 365 g/mol. The third-order valence-corrected chi connectivity index (χ3v) is 5.03. The number of carbonyl (C=O) groups is 1. The maximum atomic E-state index is 12.8. The number of benzene rings is 2. The molecule has 0 saturated carbocycles. The summed E-state index contributed by atoms with van der Waals surface area (Å²) in [5.41, 5.74) is 0.551. The Morgan fingerprint density at radius 3 is 2.36 bits per heavy atom. The Morgan fingerprint density at radius 2 is 1.80 bits per heavy atom. The van der Waals surface area contributed by atoms with E-state index in [0.717, 1.165) is 0 Å². The summed E-state index contributed by atoms with van der Waals surface area (Å²) in [6.07, 6.45) is -0.393. The Hall–Kier alpha value is -2.58. The minimum absolute atomic E-state index is 0.124. The van der Waals surface area contributed by atoms with Gasteiger partial charge in [-0.05, 0) is 17.7 Å². The molecule has 8 heteroatoms.